The van der Waals surface area contributed by atoms with Crippen molar-refractivity contribution in [3.8, 4) is 11.4 Å². The normalized spacial score (nSPS) is 14.6. The molecule has 0 spiro atoms. The highest BCUT2D eigenvalue weighted by atomic mass is 32.2. The number of anilines is 1. The van der Waals surface area contributed by atoms with Gasteiger partial charge in [-0.25, -0.2) is 27.1 Å². The summed E-state index contributed by atoms with van der Waals surface area (Å²) in [6, 6.07) is 6.63. The molecule has 0 aliphatic carbocycles. The van der Waals surface area contributed by atoms with Gasteiger partial charge in [0, 0.05) is 24.7 Å². The highest BCUT2D eigenvalue weighted by Gasteiger charge is 2.32. The Hall–Kier alpha value is -2.90. The predicted molar refractivity (Wildman–Crippen MR) is 103 cm³/mol. The number of pyridine rings is 1. The van der Waals surface area contributed by atoms with Crippen LogP contribution in [0.15, 0.2) is 40.3 Å². The summed E-state index contributed by atoms with van der Waals surface area (Å²) in [7, 11) is -8.33. The largest absolute Gasteiger partial charge is 0.365 e. The van der Waals surface area contributed by atoms with Crippen LogP contribution in [0.4, 0.5) is 5.69 Å². The number of fused-ring (bicyclic) bond motifs is 1. The summed E-state index contributed by atoms with van der Waals surface area (Å²) >= 11 is 0. The van der Waals surface area contributed by atoms with Crippen molar-refractivity contribution in [2.24, 2.45) is 5.14 Å². The molecular weight excluding hydrogens is 418 g/mol. The number of nitrogens with one attached hydrogen (secondary N) is 1. The Labute approximate surface area is 166 Å². The Morgan fingerprint density at radius 1 is 1.17 bits per heavy atom. The first-order chi connectivity index (χ1) is 13.7. The van der Waals surface area contributed by atoms with Crippen molar-refractivity contribution < 1.29 is 16.8 Å². The fraction of sp³-hybridized carbons (Fsp3) is 0.250. The molecule has 0 fully saturated rings. The predicted octanol–water partition coefficient (Wildman–Crippen LogP) is -0.125. The van der Waals surface area contributed by atoms with E-state index < -0.39 is 29.7 Å². The van der Waals surface area contributed by atoms with Crippen molar-refractivity contribution in [2.45, 2.75) is 22.8 Å². The number of primary sulfonamides is 1. The Morgan fingerprint density at radius 2 is 1.97 bits per heavy atom. The molecule has 13 heteroatoms. The summed E-state index contributed by atoms with van der Waals surface area (Å²) in [4.78, 5) is 5.33. The quantitative estimate of drug-likeness (QED) is 0.568. The van der Waals surface area contributed by atoms with Crippen molar-refractivity contribution in [1.29, 1.82) is 0 Å². The van der Waals surface area contributed by atoms with Gasteiger partial charge < -0.3 is 4.90 Å². The van der Waals surface area contributed by atoms with E-state index in [4.69, 9.17) is 5.14 Å². The van der Waals surface area contributed by atoms with E-state index in [1.54, 1.807) is 6.20 Å². The Bertz CT molecular complexity index is 1290. The van der Waals surface area contributed by atoms with E-state index in [9.17, 15) is 16.8 Å². The number of sulfonamides is 1. The topological polar surface area (TPSA) is 165 Å². The van der Waals surface area contributed by atoms with E-state index in [1.807, 2.05) is 17.0 Å². The molecule has 1 aliphatic rings. The van der Waals surface area contributed by atoms with Gasteiger partial charge in [-0.15, -0.1) is 5.10 Å². The molecule has 29 heavy (non-hydrogen) atoms. The molecule has 2 aromatic heterocycles. The number of hydrogen-bond donors (Lipinski definition) is 2. The molecule has 0 saturated carbocycles. The SMILES string of the molecule is CS(=O)(=O)c1ccc(N2CCc3cccnc3C2)c(-c2nnn[nH]2)c1S(N)(=O)=O. The molecule has 0 unspecified atom stereocenters. The summed E-state index contributed by atoms with van der Waals surface area (Å²) < 4.78 is 49.4. The van der Waals surface area contributed by atoms with Crippen LogP contribution >= 0.6 is 0 Å². The lowest BCUT2D eigenvalue weighted by molar-refractivity contribution is 0.586. The molecule has 4 rings (SSSR count). The van der Waals surface area contributed by atoms with Gasteiger partial charge in [-0.1, -0.05) is 6.07 Å². The molecule has 0 atom stereocenters. The number of sulfone groups is 1. The first-order valence-corrected chi connectivity index (χ1v) is 11.9. The van der Waals surface area contributed by atoms with Gasteiger partial charge in [-0.2, -0.15) is 0 Å². The fourth-order valence-electron chi connectivity index (χ4n) is 3.45. The van der Waals surface area contributed by atoms with E-state index >= 15 is 0 Å². The van der Waals surface area contributed by atoms with Gasteiger partial charge >= 0.3 is 0 Å². The minimum Gasteiger partial charge on any atom is -0.365 e. The van der Waals surface area contributed by atoms with Crippen molar-refractivity contribution in [3.63, 3.8) is 0 Å². The number of H-pyrrole nitrogens is 1. The van der Waals surface area contributed by atoms with Crippen LogP contribution in [-0.2, 0) is 32.8 Å². The highest BCUT2D eigenvalue weighted by Crippen LogP contribution is 2.39. The standard InChI is InChI=1S/C16H17N7O4S2/c1-28(24,25)13-5-4-12(23-8-6-10-3-2-7-18-11(10)9-23)14(15(13)29(17,26)27)16-19-21-22-20-16/h2-5,7H,6,8-9H2,1H3,(H2,17,26,27)(H,19,20,21,22). The summed E-state index contributed by atoms with van der Waals surface area (Å²) in [6.07, 6.45) is 3.29. The zero-order valence-corrected chi connectivity index (χ0v) is 16.9. The molecule has 1 aliphatic heterocycles. The lowest BCUT2D eigenvalue weighted by Crippen LogP contribution is -2.32. The lowest BCUT2D eigenvalue weighted by Gasteiger charge is -2.32. The smallest absolute Gasteiger partial charge is 0.240 e. The number of hydrogen-bond acceptors (Lipinski definition) is 9. The molecule has 0 bridgehead atoms. The van der Waals surface area contributed by atoms with Gasteiger partial charge in [0.25, 0.3) is 0 Å². The monoisotopic (exact) mass is 435 g/mol. The molecule has 1 aromatic carbocycles. The van der Waals surface area contributed by atoms with Crippen LogP contribution in [0.1, 0.15) is 11.3 Å². The Morgan fingerprint density at radius 3 is 2.62 bits per heavy atom. The molecular formula is C16H17N7O4S2. The van der Waals surface area contributed by atoms with Gasteiger partial charge in [0.15, 0.2) is 15.7 Å². The maximum Gasteiger partial charge on any atom is 0.240 e. The summed E-state index contributed by atoms with van der Waals surface area (Å²) in [5.74, 6) is 0.00124. The van der Waals surface area contributed by atoms with E-state index in [-0.39, 0.29) is 11.4 Å². The first-order valence-electron chi connectivity index (χ1n) is 8.48. The third-order valence-corrected chi connectivity index (χ3v) is 6.94. The maximum absolute atomic E-state index is 12.4. The van der Waals surface area contributed by atoms with Crippen molar-refractivity contribution in [3.05, 3.63) is 41.7 Å². The maximum atomic E-state index is 12.4. The third kappa shape index (κ3) is 3.59. The number of tetrazole rings is 1. The molecule has 3 heterocycles. The average Bonchev–Trinajstić information content (AvgIpc) is 3.19. The zero-order chi connectivity index (χ0) is 20.8. The number of benzene rings is 1. The van der Waals surface area contributed by atoms with E-state index in [0.717, 1.165) is 17.5 Å². The van der Waals surface area contributed by atoms with Crippen LogP contribution in [0.2, 0.25) is 0 Å². The third-order valence-electron chi connectivity index (χ3n) is 4.68. The van der Waals surface area contributed by atoms with Crippen molar-refractivity contribution >= 4 is 25.5 Å². The second kappa shape index (κ2) is 6.86. The molecule has 152 valence electrons. The molecule has 0 amide bonds. The van der Waals surface area contributed by atoms with Crippen LogP contribution in [0.25, 0.3) is 11.4 Å². The molecule has 0 radical (unpaired) electrons. The van der Waals surface area contributed by atoms with Crippen LogP contribution < -0.4 is 10.0 Å². The van der Waals surface area contributed by atoms with Crippen LogP contribution in [0.5, 0.6) is 0 Å². The molecule has 3 aromatic rings. The number of nitrogens with two attached hydrogens (primary N) is 1. The van der Waals surface area contributed by atoms with Crippen LogP contribution in [-0.4, -0.2) is 55.2 Å². The number of aromatic nitrogens is 5. The molecule has 11 nitrogen and oxygen atoms in total. The number of rotatable bonds is 4. The van der Waals surface area contributed by atoms with Gasteiger partial charge in [-0.3, -0.25) is 4.98 Å². The first kappa shape index (κ1) is 19.4. The zero-order valence-electron chi connectivity index (χ0n) is 15.3. The van der Waals surface area contributed by atoms with Crippen LogP contribution in [0, 0.1) is 0 Å². The van der Waals surface area contributed by atoms with E-state index in [2.05, 4.69) is 25.6 Å². The second-order valence-corrected chi connectivity index (χ2v) is 10.1. The summed E-state index contributed by atoms with van der Waals surface area (Å²) in [6.45, 7) is 0.975. The Kier molecular flexibility index (Phi) is 4.59. The van der Waals surface area contributed by atoms with Crippen LogP contribution in [0.3, 0.4) is 0 Å². The minimum atomic E-state index is -4.43. The second-order valence-electron chi connectivity index (χ2n) is 6.63. The average molecular weight is 435 g/mol. The fourth-order valence-corrected chi connectivity index (χ4v) is 5.84. The van der Waals surface area contributed by atoms with Gasteiger partial charge in [0.2, 0.25) is 10.0 Å². The van der Waals surface area contributed by atoms with E-state index in [1.165, 1.54) is 12.1 Å². The highest BCUT2D eigenvalue weighted by molar-refractivity contribution is 7.93. The molecule has 0 saturated heterocycles. The van der Waals surface area contributed by atoms with E-state index in [0.29, 0.717) is 25.2 Å². The van der Waals surface area contributed by atoms with Crippen molar-refractivity contribution in [1.82, 2.24) is 25.6 Å². The van der Waals surface area contributed by atoms with Gasteiger partial charge in [-0.05, 0) is 40.6 Å². The Balaban J connectivity index is 1.99. The summed E-state index contributed by atoms with van der Waals surface area (Å²) in [5.41, 5.74) is 2.41. The summed E-state index contributed by atoms with van der Waals surface area (Å²) in [5, 5.41) is 18.8. The molecule has 3 N–H and O–H groups in total. The number of nitrogens with zero attached hydrogens (tertiary/aromatic N) is 5. The number of aromatic amines is 1. The van der Waals surface area contributed by atoms with Crippen molar-refractivity contribution in [2.75, 3.05) is 17.7 Å². The lowest BCUT2D eigenvalue weighted by atomic mass is 10.0. The van der Waals surface area contributed by atoms with Gasteiger partial charge in [0.1, 0.15) is 4.90 Å². The minimum absolute atomic E-state index is 0.00124. The van der Waals surface area contributed by atoms with Gasteiger partial charge in [0.05, 0.1) is 22.7 Å².